The van der Waals surface area contributed by atoms with E-state index in [4.69, 9.17) is 9.47 Å². The predicted molar refractivity (Wildman–Crippen MR) is 138 cm³/mol. The molecule has 0 saturated carbocycles. The summed E-state index contributed by atoms with van der Waals surface area (Å²) < 4.78 is 38.7. The Morgan fingerprint density at radius 3 is 2.68 bits per heavy atom. The molecule has 1 amide bonds. The summed E-state index contributed by atoms with van der Waals surface area (Å²) in [5.74, 6) is 0.286. The van der Waals surface area contributed by atoms with Crippen LogP contribution in [0, 0.1) is 5.82 Å². The minimum Gasteiger partial charge on any atom is -0.490 e. The zero-order valence-electron chi connectivity index (χ0n) is 20.4. The Morgan fingerprint density at radius 2 is 1.97 bits per heavy atom. The molecule has 0 bridgehead atoms. The fourth-order valence-corrected chi connectivity index (χ4v) is 3.87. The molecule has 0 unspecified atom stereocenters. The molecule has 0 spiro atoms. The molecule has 1 saturated heterocycles. The van der Waals surface area contributed by atoms with Crippen molar-refractivity contribution in [3.63, 3.8) is 0 Å². The first-order valence-electron chi connectivity index (χ1n) is 11.7. The Kier molecular flexibility index (Phi) is 8.47. The molecular formula is C26H28F2N6O3. The van der Waals surface area contributed by atoms with Crippen LogP contribution in [-0.4, -0.2) is 67.3 Å². The van der Waals surface area contributed by atoms with Gasteiger partial charge in [0, 0.05) is 50.2 Å². The standard InChI is InChI=1S/C26H28F2N6O3/c1-3-24(35)30-18-5-4-6-20(15-18)37-25-23(36-2)17-29-26(32-25)31-19-7-8-22(21(28)16-19)34-13-11-33(10-9-27)12-14-34/h3-8,15-17H,1,9-14H2,2H3,(H,30,35)(H,29,31,32). The van der Waals surface area contributed by atoms with Crippen LogP contribution in [0.25, 0.3) is 0 Å². The van der Waals surface area contributed by atoms with Crippen LogP contribution in [0.15, 0.2) is 61.3 Å². The zero-order chi connectivity index (χ0) is 26.2. The first-order chi connectivity index (χ1) is 18.0. The highest BCUT2D eigenvalue weighted by Gasteiger charge is 2.20. The third kappa shape index (κ3) is 6.70. The van der Waals surface area contributed by atoms with Crippen LogP contribution in [0.4, 0.5) is 31.8 Å². The maximum absolute atomic E-state index is 14.9. The van der Waals surface area contributed by atoms with Crippen molar-refractivity contribution in [1.29, 1.82) is 0 Å². The summed E-state index contributed by atoms with van der Waals surface area (Å²) in [6.45, 7) is 6.10. The summed E-state index contributed by atoms with van der Waals surface area (Å²) in [4.78, 5) is 24.1. The van der Waals surface area contributed by atoms with E-state index in [1.54, 1.807) is 36.4 Å². The average molecular weight is 511 g/mol. The molecule has 37 heavy (non-hydrogen) atoms. The summed E-state index contributed by atoms with van der Waals surface area (Å²) in [7, 11) is 1.46. The van der Waals surface area contributed by atoms with Crippen molar-refractivity contribution in [2.45, 2.75) is 0 Å². The Hall–Kier alpha value is -4.25. The number of piperazine rings is 1. The number of methoxy groups -OCH3 is 1. The van der Waals surface area contributed by atoms with Gasteiger partial charge in [0.1, 0.15) is 18.2 Å². The second kappa shape index (κ2) is 12.1. The number of amides is 1. The second-order valence-corrected chi connectivity index (χ2v) is 8.20. The van der Waals surface area contributed by atoms with E-state index in [0.717, 1.165) is 0 Å². The monoisotopic (exact) mass is 510 g/mol. The highest BCUT2D eigenvalue weighted by atomic mass is 19.1. The highest BCUT2D eigenvalue weighted by Crippen LogP contribution is 2.32. The predicted octanol–water partition coefficient (Wildman–Crippen LogP) is 4.38. The van der Waals surface area contributed by atoms with Crippen molar-refractivity contribution in [3.05, 3.63) is 67.1 Å². The Labute approximate surface area is 213 Å². The zero-order valence-corrected chi connectivity index (χ0v) is 20.4. The van der Waals surface area contributed by atoms with Gasteiger partial charge in [-0.25, -0.2) is 13.8 Å². The van der Waals surface area contributed by atoms with Gasteiger partial charge in [-0.15, -0.1) is 0 Å². The summed E-state index contributed by atoms with van der Waals surface area (Å²) >= 11 is 0. The fourth-order valence-electron chi connectivity index (χ4n) is 3.87. The minimum atomic E-state index is -0.382. The largest absolute Gasteiger partial charge is 0.490 e. The number of carbonyl (C=O) groups is 1. The molecule has 0 aliphatic carbocycles. The van der Waals surface area contributed by atoms with Crippen LogP contribution in [0.2, 0.25) is 0 Å². The van der Waals surface area contributed by atoms with Gasteiger partial charge in [0.2, 0.25) is 11.9 Å². The van der Waals surface area contributed by atoms with Gasteiger partial charge in [-0.3, -0.25) is 9.69 Å². The fraction of sp³-hybridized carbons (Fsp3) is 0.269. The molecule has 2 aromatic carbocycles. The number of carbonyl (C=O) groups excluding carboxylic acids is 1. The van der Waals surface area contributed by atoms with Crippen LogP contribution >= 0.6 is 0 Å². The Balaban J connectivity index is 1.46. The summed E-state index contributed by atoms with van der Waals surface area (Å²) in [5, 5.41) is 5.65. The Morgan fingerprint density at radius 1 is 1.16 bits per heavy atom. The van der Waals surface area contributed by atoms with E-state index in [2.05, 4.69) is 27.2 Å². The van der Waals surface area contributed by atoms with Crippen molar-refractivity contribution >= 4 is 28.9 Å². The number of nitrogens with one attached hydrogen (secondary N) is 2. The smallest absolute Gasteiger partial charge is 0.267 e. The summed E-state index contributed by atoms with van der Waals surface area (Å²) in [6.07, 6.45) is 2.61. The summed E-state index contributed by atoms with van der Waals surface area (Å²) in [5.41, 5.74) is 1.48. The number of hydrogen-bond acceptors (Lipinski definition) is 8. The molecule has 9 nitrogen and oxygen atoms in total. The van der Waals surface area contributed by atoms with Crippen molar-refractivity contribution in [2.75, 3.05) is 62.0 Å². The summed E-state index contributed by atoms with van der Waals surface area (Å²) in [6, 6.07) is 11.6. The van der Waals surface area contributed by atoms with Crippen molar-refractivity contribution in [3.8, 4) is 17.4 Å². The molecule has 1 aromatic heterocycles. The normalized spacial score (nSPS) is 13.6. The maximum Gasteiger partial charge on any atom is 0.267 e. The molecular weight excluding hydrogens is 482 g/mol. The lowest BCUT2D eigenvalue weighted by Gasteiger charge is -2.35. The average Bonchev–Trinajstić information content (AvgIpc) is 2.90. The molecule has 11 heteroatoms. The van der Waals surface area contributed by atoms with Crippen molar-refractivity contribution < 1.29 is 23.0 Å². The lowest BCUT2D eigenvalue weighted by atomic mass is 10.2. The van der Waals surface area contributed by atoms with Gasteiger partial charge in [-0.05, 0) is 36.4 Å². The third-order valence-corrected chi connectivity index (χ3v) is 5.76. The van der Waals surface area contributed by atoms with E-state index in [1.165, 1.54) is 25.4 Å². The van der Waals surface area contributed by atoms with Crippen LogP contribution in [0.3, 0.4) is 0 Å². The SMILES string of the molecule is C=CC(=O)Nc1cccc(Oc2nc(Nc3ccc(N4CCN(CCF)CC4)c(F)c3)ncc2OC)c1. The molecule has 2 N–H and O–H groups in total. The van der Waals surface area contributed by atoms with Gasteiger partial charge in [-0.1, -0.05) is 12.6 Å². The van der Waals surface area contributed by atoms with E-state index in [9.17, 15) is 13.6 Å². The molecule has 1 aliphatic rings. The molecule has 0 atom stereocenters. The quantitative estimate of drug-likeness (QED) is 0.389. The number of anilines is 4. The molecule has 1 fully saturated rings. The van der Waals surface area contributed by atoms with Crippen molar-refractivity contribution in [1.82, 2.24) is 14.9 Å². The van der Waals surface area contributed by atoms with Gasteiger partial charge in [0.15, 0.2) is 5.75 Å². The van der Waals surface area contributed by atoms with E-state index in [1.807, 2.05) is 9.80 Å². The number of hydrogen-bond donors (Lipinski definition) is 2. The van der Waals surface area contributed by atoms with Crippen LogP contribution < -0.4 is 25.0 Å². The van der Waals surface area contributed by atoms with E-state index in [-0.39, 0.29) is 30.2 Å². The number of benzene rings is 2. The number of ether oxygens (including phenoxy) is 2. The van der Waals surface area contributed by atoms with Gasteiger partial charge in [0.05, 0.1) is 19.0 Å². The van der Waals surface area contributed by atoms with Gasteiger partial charge < -0.3 is 25.0 Å². The van der Waals surface area contributed by atoms with Crippen LogP contribution in [-0.2, 0) is 4.79 Å². The lowest BCUT2D eigenvalue weighted by molar-refractivity contribution is -0.111. The van der Waals surface area contributed by atoms with E-state index >= 15 is 0 Å². The molecule has 2 heterocycles. The van der Waals surface area contributed by atoms with E-state index in [0.29, 0.717) is 61.3 Å². The molecule has 4 rings (SSSR count). The van der Waals surface area contributed by atoms with Crippen molar-refractivity contribution in [2.24, 2.45) is 0 Å². The number of halogens is 2. The number of nitrogens with zero attached hydrogens (tertiary/aromatic N) is 4. The lowest BCUT2D eigenvalue weighted by Crippen LogP contribution is -2.47. The number of alkyl halides is 1. The molecule has 3 aromatic rings. The second-order valence-electron chi connectivity index (χ2n) is 8.20. The third-order valence-electron chi connectivity index (χ3n) is 5.76. The van der Waals surface area contributed by atoms with E-state index < -0.39 is 0 Å². The molecule has 194 valence electrons. The van der Waals surface area contributed by atoms with Gasteiger partial charge >= 0.3 is 0 Å². The molecule has 0 radical (unpaired) electrons. The van der Waals surface area contributed by atoms with Gasteiger partial charge in [-0.2, -0.15) is 4.98 Å². The first kappa shape index (κ1) is 25.8. The van der Waals surface area contributed by atoms with Gasteiger partial charge in [0.25, 0.3) is 5.88 Å². The first-order valence-corrected chi connectivity index (χ1v) is 11.7. The number of rotatable bonds is 10. The number of aromatic nitrogens is 2. The minimum absolute atomic E-state index is 0.135. The Bertz CT molecular complexity index is 1250. The highest BCUT2D eigenvalue weighted by molar-refractivity contribution is 5.98. The molecule has 1 aliphatic heterocycles. The van der Waals surface area contributed by atoms with Crippen LogP contribution in [0.1, 0.15) is 0 Å². The maximum atomic E-state index is 14.9. The van der Waals surface area contributed by atoms with Crippen LogP contribution in [0.5, 0.6) is 17.4 Å². The topological polar surface area (TPSA) is 91.8 Å².